The van der Waals surface area contributed by atoms with Gasteiger partial charge in [-0.2, -0.15) is 0 Å². The van der Waals surface area contributed by atoms with Crippen LogP contribution in [0.25, 0.3) is 0 Å². The van der Waals surface area contributed by atoms with Crippen LogP contribution in [0.2, 0.25) is 5.02 Å². The van der Waals surface area contributed by atoms with Gasteiger partial charge >= 0.3 is 0 Å². The Bertz CT molecular complexity index is 505. The first-order chi connectivity index (χ1) is 10.0. The van der Waals surface area contributed by atoms with E-state index in [1.807, 2.05) is 17.9 Å². The number of nitrogens with one attached hydrogen (secondary N) is 1. The minimum Gasteiger partial charge on any atom is -0.393 e. The molecule has 0 bridgehead atoms. The summed E-state index contributed by atoms with van der Waals surface area (Å²) < 4.78 is 0. The highest BCUT2D eigenvalue weighted by Gasteiger charge is 2.28. The first-order valence-corrected chi connectivity index (χ1v) is 7.91. The summed E-state index contributed by atoms with van der Waals surface area (Å²) in [5, 5.41) is 13.5. The zero-order valence-electron chi connectivity index (χ0n) is 12.6. The Morgan fingerprint density at radius 2 is 2.33 bits per heavy atom. The summed E-state index contributed by atoms with van der Waals surface area (Å²) in [5.41, 5.74) is 1.42. The summed E-state index contributed by atoms with van der Waals surface area (Å²) in [4.78, 5) is 14.6. The predicted octanol–water partition coefficient (Wildman–Crippen LogP) is 3.00. The van der Waals surface area contributed by atoms with Crippen molar-refractivity contribution in [3.63, 3.8) is 0 Å². The molecule has 1 aromatic rings. The Labute approximate surface area is 131 Å². The molecular weight excluding hydrogens is 288 g/mol. The maximum Gasteiger partial charge on any atom is 0.256 e. The molecule has 1 aliphatic heterocycles. The minimum atomic E-state index is -0.381. The summed E-state index contributed by atoms with van der Waals surface area (Å²) in [6, 6.07) is 5.34. The molecule has 0 aromatic heterocycles. The molecule has 0 aliphatic carbocycles. The van der Waals surface area contributed by atoms with Crippen molar-refractivity contribution in [2.75, 3.05) is 25.0 Å². The lowest BCUT2D eigenvalue weighted by Gasteiger charge is -2.34. The smallest absolute Gasteiger partial charge is 0.256 e. The van der Waals surface area contributed by atoms with Crippen LogP contribution in [0.4, 0.5) is 5.69 Å². The molecule has 21 heavy (non-hydrogen) atoms. The van der Waals surface area contributed by atoms with Crippen molar-refractivity contribution in [3.8, 4) is 0 Å². The van der Waals surface area contributed by atoms with Crippen LogP contribution >= 0.6 is 11.6 Å². The number of piperidine rings is 1. The summed E-state index contributed by atoms with van der Waals surface area (Å²) in [6.07, 6.45) is 1.52. The number of halogens is 1. The van der Waals surface area contributed by atoms with Crippen LogP contribution in [0.15, 0.2) is 18.2 Å². The van der Waals surface area contributed by atoms with Gasteiger partial charge in [-0.05, 0) is 44.9 Å². The lowest BCUT2D eigenvalue weighted by molar-refractivity contribution is 0.0467. The van der Waals surface area contributed by atoms with Gasteiger partial charge < -0.3 is 15.3 Å². The Morgan fingerprint density at radius 1 is 1.57 bits per heavy atom. The van der Waals surface area contributed by atoms with Crippen molar-refractivity contribution in [2.24, 2.45) is 5.92 Å². The molecule has 1 aliphatic rings. The second-order valence-electron chi connectivity index (χ2n) is 5.61. The van der Waals surface area contributed by atoms with E-state index in [-0.39, 0.29) is 17.9 Å². The van der Waals surface area contributed by atoms with E-state index in [4.69, 9.17) is 11.6 Å². The van der Waals surface area contributed by atoms with Crippen LogP contribution < -0.4 is 5.32 Å². The van der Waals surface area contributed by atoms with Gasteiger partial charge in [0.2, 0.25) is 0 Å². The fourth-order valence-electron chi connectivity index (χ4n) is 2.80. The van der Waals surface area contributed by atoms with Gasteiger partial charge in [0.15, 0.2) is 0 Å². The average Bonchev–Trinajstić information content (AvgIpc) is 2.48. The van der Waals surface area contributed by atoms with Gasteiger partial charge in [-0.1, -0.05) is 11.6 Å². The first-order valence-electron chi connectivity index (χ1n) is 7.53. The summed E-state index contributed by atoms with van der Waals surface area (Å²) >= 11 is 6.04. The van der Waals surface area contributed by atoms with Crippen molar-refractivity contribution in [3.05, 3.63) is 28.8 Å². The third-order valence-corrected chi connectivity index (χ3v) is 4.24. The number of benzene rings is 1. The fraction of sp³-hybridized carbons (Fsp3) is 0.562. The van der Waals surface area contributed by atoms with Crippen molar-refractivity contribution in [2.45, 2.75) is 32.8 Å². The first kappa shape index (κ1) is 16.1. The topological polar surface area (TPSA) is 52.6 Å². The summed E-state index contributed by atoms with van der Waals surface area (Å²) in [7, 11) is 0. The van der Waals surface area contributed by atoms with E-state index in [9.17, 15) is 9.90 Å². The highest BCUT2D eigenvalue weighted by Crippen LogP contribution is 2.26. The van der Waals surface area contributed by atoms with E-state index in [0.29, 0.717) is 17.1 Å². The van der Waals surface area contributed by atoms with E-state index < -0.39 is 0 Å². The van der Waals surface area contributed by atoms with Crippen molar-refractivity contribution in [1.82, 2.24) is 4.90 Å². The number of aliphatic hydroxyl groups excluding tert-OH is 1. The van der Waals surface area contributed by atoms with E-state index in [0.717, 1.165) is 31.6 Å². The van der Waals surface area contributed by atoms with Crippen LogP contribution in [-0.4, -0.2) is 41.7 Å². The molecule has 1 amide bonds. The van der Waals surface area contributed by atoms with Gasteiger partial charge in [0.1, 0.15) is 0 Å². The lowest BCUT2D eigenvalue weighted by Crippen LogP contribution is -2.43. The minimum absolute atomic E-state index is 0.0150. The van der Waals surface area contributed by atoms with Gasteiger partial charge in [0.05, 0.1) is 11.7 Å². The Morgan fingerprint density at radius 3 is 3.00 bits per heavy atom. The van der Waals surface area contributed by atoms with E-state index >= 15 is 0 Å². The van der Waals surface area contributed by atoms with E-state index in [2.05, 4.69) is 5.32 Å². The van der Waals surface area contributed by atoms with Crippen molar-refractivity contribution < 1.29 is 9.90 Å². The Balaban J connectivity index is 2.20. The second-order valence-corrected chi connectivity index (χ2v) is 6.05. The van der Waals surface area contributed by atoms with Crippen LogP contribution in [0.1, 0.15) is 37.0 Å². The molecule has 1 fully saturated rings. The standard InChI is InChI=1S/C16H23ClN2O2/c1-3-18-15-7-6-13(17)9-14(15)16(21)19-8-4-5-12(10-19)11(2)20/h6-7,9,11-12,18,20H,3-5,8,10H2,1-2H3/t11-,12-/m1/s1. The molecule has 4 nitrogen and oxygen atoms in total. The second kappa shape index (κ2) is 7.14. The van der Waals surface area contributed by atoms with Gasteiger partial charge in [0, 0.05) is 36.3 Å². The molecule has 2 rings (SSSR count). The Hall–Kier alpha value is -1.26. The van der Waals surface area contributed by atoms with Crippen molar-refractivity contribution in [1.29, 1.82) is 0 Å². The number of aliphatic hydroxyl groups is 1. The summed E-state index contributed by atoms with van der Waals surface area (Å²) in [5.74, 6) is 0.142. The van der Waals surface area contributed by atoms with Crippen LogP contribution in [0, 0.1) is 5.92 Å². The third-order valence-electron chi connectivity index (χ3n) is 4.01. The molecule has 0 spiro atoms. The number of rotatable bonds is 4. The molecule has 1 saturated heterocycles. The highest BCUT2D eigenvalue weighted by molar-refractivity contribution is 6.31. The number of anilines is 1. The third kappa shape index (κ3) is 3.89. The number of hydrogen-bond donors (Lipinski definition) is 2. The van der Waals surface area contributed by atoms with Gasteiger partial charge in [0.25, 0.3) is 5.91 Å². The van der Waals surface area contributed by atoms with Crippen LogP contribution in [0.3, 0.4) is 0 Å². The monoisotopic (exact) mass is 310 g/mol. The molecule has 1 heterocycles. The quantitative estimate of drug-likeness (QED) is 0.899. The summed E-state index contributed by atoms with van der Waals surface area (Å²) in [6.45, 7) is 5.88. The van der Waals surface area contributed by atoms with Crippen LogP contribution in [0.5, 0.6) is 0 Å². The maximum atomic E-state index is 12.8. The number of carbonyl (C=O) groups excluding carboxylic acids is 1. The SMILES string of the molecule is CCNc1ccc(Cl)cc1C(=O)N1CCC[C@@H]([C@@H](C)O)C1. The maximum absolute atomic E-state index is 12.8. The number of nitrogens with zero attached hydrogens (tertiary/aromatic N) is 1. The molecule has 5 heteroatoms. The molecular formula is C16H23ClN2O2. The normalized spacial score (nSPS) is 20.2. The van der Waals surface area contributed by atoms with Gasteiger partial charge in [-0.25, -0.2) is 0 Å². The molecule has 0 unspecified atom stereocenters. The largest absolute Gasteiger partial charge is 0.393 e. The zero-order chi connectivity index (χ0) is 15.4. The lowest BCUT2D eigenvalue weighted by atomic mass is 9.93. The Kier molecular flexibility index (Phi) is 5.48. The molecule has 2 atom stereocenters. The molecule has 0 saturated carbocycles. The number of likely N-dealkylation sites (tertiary alicyclic amines) is 1. The number of amides is 1. The molecule has 1 aromatic carbocycles. The van der Waals surface area contributed by atoms with Crippen molar-refractivity contribution >= 4 is 23.2 Å². The highest BCUT2D eigenvalue weighted by atomic mass is 35.5. The molecule has 0 radical (unpaired) electrons. The molecule has 116 valence electrons. The average molecular weight is 311 g/mol. The van der Waals surface area contributed by atoms with Gasteiger partial charge in [-0.3, -0.25) is 4.79 Å². The zero-order valence-corrected chi connectivity index (χ0v) is 13.4. The molecule has 2 N–H and O–H groups in total. The number of hydrogen-bond acceptors (Lipinski definition) is 3. The fourth-order valence-corrected chi connectivity index (χ4v) is 2.97. The van der Waals surface area contributed by atoms with Gasteiger partial charge in [-0.15, -0.1) is 0 Å². The van der Waals surface area contributed by atoms with E-state index in [1.54, 1.807) is 19.1 Å². The van der Waals surface area contributed by atoms with Crippen LogP contribution in [-0.2, 0) is 0 Å². The number of carbonyl (C=O) groups is 1. The predicted molar refractivity (Wildman–Crippen MR) is 85.9 cm³/mol. The van der Waals surface area contributed by atoms with E-state index in [1.165, 1.54) is 0 Å².